The summed E-state index contributed by atoms with van der Waals surface area (Å²) in [6.45, 7) is 3.85. The van der Waals surface area contributed by atoms with Crippen LogP contribution in [0.15, 0.2) is 201 Å². The van der Waals surface area contributed by atoms with E-state index in [4.69, 9.17) is 0 Å². The molecule has 0 bridgehead atoms. The van der Waals surface area contributed by atoms with Crippen LogP contribution < -0.4 is 0 Å². The van der Waals surface area contributed by atoms with Gasteiger partial charge in [0.05, 0.1) is 38.5 Å². The van der Waals surface area contributed by atoms with E-state index in [0.717, 1.165) is 44.4 Å². The maximum absolute atomic E-state index is 4.41. The highest BCUT2D eigenvalue weighted by Crippen LogP contribution is 2.49. The minimum Gasteiger partial charge on any atom is -0.256 e. The fourth-order valence-corrected chi connectivity index (χ4v) is 7.52. The maximum Gasteiger partial charge on any atom is 0.0964 e. The molecule has 3 aromatic carbocycles. The molecule has 7 heterocycles. The first-order valence-corrected chi connectivity index (χ1v) is 19.4. The Balaban J connectivity index is 0.000000106. The second kappa shape index (κ2) is 17.5. The maximum atomic E-state index is 4.41. The van der Waals surface area contributed by atoms with E-state index in [1.54, 1.807) is 36.1 Å². The Kier molecular flexibility index (Phi) is 11.2. The number of hydrogen-bond acceptors (Lipinski definition) is 7. The van der Waals surface area contributed by atoms with Gasteiger partial charge in [-0.1, -0.05) is 91.0 Å². The zero-order valence-corrected chi connectivity index (χ0v) is 31.5. The van der Waals surface area contributed by atoms with Crippen molar-refractivity contribution < 1.29 is 0 Å². The van der Waals surface area contributed by atoms with E-state index in [1.165, 1.54) is 33.0 Å². The molecule has 0 saturated heterocycles. The largest absolute Gasteiger partial charge is 0.256 e. The van der Waals surface area contributed by atoms with Crippen LogP contribution >= 0.6 is 11.3 Å². The molecule has 1 saturated carbocycles. The molecule has 1 aliphatic rings. The van der Waals surface area contributed by atoms with Crippen molar-refractivity contribution in [2.75, 3.05) is 0 Å². The van der Waals surface area contributed by atoms with E-state index in [2.05, 4.69) is 127 Å². The lowest BCUT2D eigenvalue weighted by Crippen LogP contribution is -1.83. The fourth-order valence-electron chi connectivity index (χ4n) is 6.57. The van der Waals surface area contributed by atoms with Gasteiger partial charge in [0.15, 0.2) is 0 Å². The molecular weight excluding hydrogens is 705 g/mol. The van der Waals surface area contributed by atoms with Crippen LogP contribution in [0.25, 0.3) is 65.4 Å². The van der Waals surface area contributed by atoms with Gasteiger partial charge in [0.1, 0.15) is 0 Å². The van der Waals surface area contributed by atoms with E-state index in [-0.39, 0.29) is 0 Å². The van der Waals surface area contributed by atoms with Gasteiger partial charge in [-0.25, -0.2) is 0 Å². The van der Waals surface area contributed by atoms with E-state index in [9.17, 15) is 0 Å². The molecule has 2 atom stereocenters. The molecule has 56 heavy (non-hydrogen) atoms. The summed E-state index contributed by atoms with van der Waals surface area (Å²) >= 11 is 1.79. The van der Waals surface area contributed by atoms with E-state index in [1.807, 2.05) is 79.1 Å². The number of rotatable bonds is 4. The van der Waals surface area contributed by atoms with Crippen molar-refractivity contribution in [3.8, 4) is 22.0 Å². The number of nitrogens with zero attached hydrogens (tertiary/aromatic N) is 6. The molecule has 10 aromatic rings. The summed E-state index contributed by atoms with van der Waals surface area (Å²) in [7, 11) is 0. The number of benzene rings is 3. The fraction of sp³-hybridized carbons (Fsp3) is 0.0612. The van der Waals surface area contributed by atoms with Crippen LogP contribution in [-0.4, -0.2) is 29.9 Å². The van der Waals surface area contributed by atoms with Gasteiger partial charge in [-0.05, 0) is 95.3 Å². The zero-order chi connectivity index (χ0) is 37.9. The minimum atomic E-state index is 0.700. The second-order valence-corrected chi connectivity index (χ2v) is 14.1. The lowest BCUT2D eigenvalue weighted by Gasteiger charge is -2.01. The van der Waals surface area contributed by atoms with Gasteiger partial charge >= 0.3 is 0 Å². The highest BCUT2D eigenvalue weighted by Gasteiger charge is 2.36. The Morgan fingerprint density at radius 1 is 0.464 bits per heavy atom. The first-order valence-electron chi connectivity index (χ1n) is 18.5. The van der Waals surface area contributed by atoms with E-state index in [0.29, 0.717) is 11.8 Å². The van der Waals surface area contributed by atoms with Gasteiger partial charge < -0.3 is 0 Å². The zero-order valence-electron chi connectivity index (χ0n) is 30.6. The number of allylic oxidation sites excluding steroid dienone is 1. The highest BCUT2D eigenvalue weighted by atomic mass is 32.1. The molecule has 7 heteroatoms. The van der Waals surface area contributed by atoms with Crippen molar-refractivity contribution in [1.82, 2.24) is 29.9 Å². The molecule has 0 amide bonds. The topological polar surface area (TPSA) is 77.3 Å². The van der Waals surface area contributed by atoms with Crippen LogP contribution in [0.3, 0.4) is 0 Å². The third kappa shape index (κ3) is 8.54. The number of aromatic nitrogens is 6. The monoisotopic (exact) mass is 742 g/mol. The molecule has 0 N–H and O–H groups in total. The second-order valence-electron chi connectivity index (χ2n) is 13.2. The van der Waals surface area contributed by atoms with Gasteiger partial charge in [0.2, 0.25) is 0 Å². The summed E-state index contributed by atoms with van der Waals surface area (Å²) in [6.07, 6.45) is 14.2. The van der Waals surface area contributed by atoms with Gasteiger partial charge in [0.25, 0.3) is 0 Å². The third-order valence-electron chi connectivity index (χ3n) is 9.54. The molecule has 6 nitrogen and oxygen atoms in total. The van der Waals surface area contributed by atoms with Gasteiger partial charge in [-0.3, -0.25) is 29.9 Å². The summed E-state index contributed by atoms with van der Waals surface area (Å²) in [4.78, 5) is 27.1. The van der Waals surface area contributed by atoms with Crippen molar-refractivity contribution in [3.63, 3.8) is 0 Å². The van der Waals surface area contributed by atoms with Crippen LogP contribution in [0.1, 0.15) is 17.9 Å². The Hall–Kier alpha value is -6.96. The Bertz CT molecular complexity index is 2570. The number of fused-ring (bicyclic) bond motifs is 6. The summed E-state index contributed by atoms with van der Waals surface area (Å²) in [5.74, 6) is 1.41. The Morgan fingerprint density at radius 3 is 1.46 bits per heavy atom. The SMILES string of the molecule is C=CC1CC1c1csc(-c2ccccn2)c1.c1ccc(-c2ccccn2)nc1.c1ccc2c(c1)ccc1cccnc12.c1cnc2c(c1)ccc1cccnc12. The van der Waals surface area contributed by atoms with Gasteiger partial charge in [-0.2, -0.15) is 0 Å². The van der Waals surface area contributed by atoms with E-state index < -0.39 is 0 Å². The van der Waals surface area contributed by atoms with Crippen LogP contribution in [0, 0.1) is 5.92 Å². The Morgan fingerprint density at radius 2 is 0.929 bits per heavy atom. The van der Waals surface area contributed by atoms with E-state index >= 15 is 0 Å². The first-order chi connectivity index (χ1) is 27.7. The third-order valence-corrected chi connectivity index (χ3v) is 10.5. The molecule has 1 fully saturated rings. The van der Waals surface area contributed by atoms with Crippen LogP contribution in [0.5, 0.6) is 0 Å². The van der Waals surface area contributed by atoms with Crippen molar-refractivity contribution >= 4 is 54.8 Å². The van der Waals surface area contributed by atoms with Crippen molar-refractivity contribution in [2.45, 2.75) is 12.3 Å². The lowest BCUT2D eigenvalue weighted by atomic mass is 10.1. The summed E-state index contributed by atoms with van der Waals surface area (Å²) in [5.41, 5.74) is 7.41. The molecular formula is C49H38N6S. The smallest absolute Gasteiger partial charge is 0.0964 e. The summed E-state index contributed by atoms with van der Waals surface area (Å²) < 4.78 is 0. The molecule has 0 radical (unpaired) electrons. The molecule has 2 unspecified atom stereocenters. The van der Waals surface area contributed by atoms with Crippen molar-refractivity contribution in [2.24, 2.45) is 5.92 Å². The average molecular weight is 743 g/mol. The minimum absolute atomic E-state index is 0.700. The van der Waals surface area contributed by atoms with Crippen molar-refractivity contribution in [3.05, 3.63) is 206 Å². The average Bonchev–Trinajstić information content (AvgIpc) is 3.92. The predicted octanol–water partition coefficient (Wildman–Crippen LogP) is 12.4. The standard InChI is InChI=1S/C14H13NS.C13H9N.C12H8N2.C10H8N2/c1-2-10-7-12(10)11-8-14(16-9-11)13-5-3-4-6-15-13;1-2-6-12-10(4-1)7-8-11-5-3-9-14-13(11)12;1-3-9-5-6-10-4-2-8-14-12(10)11(9)13-7-1;1-3-7-11-9(5-1)10-6-2-4-8-12-10/h2-6,8-10,12H,1,7H2;1-9H;1-8H;1-8H. The van der Waals surface area contributed by atoms with Gasteiger partial charge in [-0.15, -0.1) is 17.9 Å². The number of hydrogen-bond donors (Lipinski definition) is 0. The van der Waals surface area contributed by atoms with Crippen LogP contribution in [0.4, 0.5) is 0 Å². The summed E-state index contributed by atoms with van der Waals surface area (Å²) in [6, 6.07) is 48.7. The first kappa shape index (κ1) is 36.0. The number of thiophene rings is 1. The normalized spacial score (nSPS) is 14.1. The molecule has 1 aliphatic carbocycles. The molecule has 270 valence electrons. The molecule has 11 rings (SSSR count). The Labute approximate surface area is 330 Å². The van der Waals surface area contributed by atoms with Crippen LogP contribution in [0.2, 0.25) is 0 Å². The predicted molar refractivity (Wildman–Crippen MR) is 232 cm³/mol. The van der Waals surface area contributed by atoms with Crippen LogP contribution in [-0.2, 0) is 0 Å². The molecule has 0 aliphatic heterocycles. The lowest BCUT2D eigenvalue weighted by molar-refractivity contribution is 1.02. The quantitative estimate of drug-likeness (QED) is 0.132. The van der Waals surface area contributed by atoms with Crippen molar-refractivity contribution in [1.29, 1.82) is 0 Å². The molecule has 7 aromatic heterocycles. The summed E-state index contributed by atoms with van der Waals surface area (Å²) in [5, 5.41) is 8.21. The molecule has 0 spiro atoms. The highest BCUT2D eigenvalue weighted by molar-refractivity contribution is 7.13. The number of pyridine rings is 6. The van der Waals surface area contributed by atoms with Gasteiger partial charge in [0, 0.05) is 58.7 Å².